The van der Waals surface area contributed by atoms with E-state index in [0.717, 1.165) is 29.0 Å². The molecule has 0 fully saturated rings. The van der Waals surface area contributed by atoms with Gasteiger partial charge in [0.25, 0.3) is 0 Å². The molecule has 0 heterocycles. The Bertz CT molecular complexity index is 626. The first kappa shape index (κ1) is 14.9. The van der Waals surface area contributed by atoms with Gasteiger partial charge in [-0.1, -0.05) is 43.0 Å². The lowest BCUT2D eigenvalue weighted by Gasteiger charge is -2.09. The fourth-order valence-electron chi connectivity index (χ4n) is 2.01. The van der Waals surface area contributed by atoms with E-state index in [9.17, 15) is 0 Å². The van der Waals surface area contributed by atoms with Gasteiger partial charge in [-0.05, 0) is 35.2 Å². The summed E-state index contributed by atoms with van der Waals surface area (Å²) in [5.41, 5.74) is 3.35. The zero-order valence-electron chi connectivity index (χ0n) is 12.1. The third-order valence-electron chi connectivity index (χ3n) is 3.14. The molecule has 0 radical (unpaired) electrons. The number of hydrogen-bond acceptors (Lipinski definition) is 1. The average Bonchev–Trinajstić information content (AvgIpc) is 2.54. The Labute approximate surface area is 126 Å². The van der Waals surface area contributed by atoms with Gasteiger partial charge in [0.2, 0.25) is 0 Å². The summed E-state index contributed by atoms with van der Waals surface area (Å²) in [6.07, 6.45) is 5.24. The molecular formula is C19H20NO+. The highest BCUT2D eigenvalue weighted by Gasteiger charge is 2.03. The highest BCUT2D eigenvalue weighted by molar-refractivity contribution is 5.64. The van der Waals surface area contributed by atoms with Crippen molar-refractivity contribution in [2.24, 2.45) is 0 Å². The van der Waals surface area contributed by atoms with Crippen molar-refractivity contribution in [1.29, 1.82) is 0 Å². The molecule has 0 saturated heterocycles. The molecule has 2 N–H and O–H groups in total. The molecule has 2 rings (SSSR count). The standard InChI is InChI=1S/C19H19NO/c1-3-12-20-14-16(2)18-9-7-8-17(13-18)15-21-19-10-5-4-6-11-19/h1,4-11,13,20H,2,12,14-15H2/p+1. The maximum atomic E-state index is 5.76. The van der Waals surface area contributed by atoms with Crippen LogP contribution in [0.3, 0.4) is 0 Å². The van der Waals surface area contributed by atoms with E-state index in [4.69, 9.17) is 11.2 Å². The van der Waals surface area contributed by atoms with Gasteiger partial charge in [-0.3, -0.25) is 0 Å². The minimum absolute atomic E-state index is 0.555. The minimum atomic E-state index is 0.555. The monoisotopic (exact) mass is 278 g/mol. The molecule has 2 nitrogen and oxygen atoms in total. The van der Waals surface area contributed by atoms with Gasteiger partial charge in [0.1, 0.15) is 25.4 Å². The summed E-state index contributed by atoms with van der Waals surface area (Å²) in [6, 6.07) is 18.1. The van der Waals surface area contributed by atoms with Gasteiger partial charge in [0.15, 0.2) is 0 Å². The van der Waals surface area contributed by atoms with Gasteiger partial charge in [-0.2, -0.15) is 0 Å². The molecule has 106 valence electrons. The van der Waals surface area contributed by atoms with E-state index in [2.05, 4.69) is 36.0 Å². The highest BCUT2D eigenvalue weighted by Crippen LogP contribution is 2.15. The van der Waals surface area contributed by atoms with E-state index in [0.29, 0.717) is 13.2 Å². The van der Waals surface area contributed by atoms with Crippen LogP contribution < -0.4 is 10.1 Å². The summed E-state index contributed by atoms with van der Waals surface area (Å²) in [4.78, 5) is 0. The van der Waals surface area contributed by atoms with Crippen LogP contribution >= 0.6 is 0 Å². The van der Waals surface area contributed by atoms with Gasteiger partial charge >= 0.3 is 0 Å². The number of ether oxygens (including phenoxy) is 1. The Morgan fingerprint density at radius 1 is 1.14 bits per heavy atom. The van der Waals surface area contributed by atoms with Crippen LogP contribution in [-0.4, -0.2) is 13.1 Å². The average molecular weight is 278 g/mol. The Hall–Kier alpha value is -2.50. The predicted molar refractivity (Wildman–Crippen MR) is 86.7 cm³/mol. The van der Waals surface area contributed by atoms with Crippen molar-refractivity contribution in [3.05, 3.63) is 72.3 Å². The first-order valence-corrected chi connectivity index (χ1v) is 6.99. The SMILES string of the molecule is C#CC[NH2+]CC(=C)c1cccc(COc2ccccc2)c1. The summed E-state index contributed by atoms with van der Waals surface area (Å²) in [6.45, 7) is 6.16. The normalized spacial score (nSPS) is 9.86. The smallest absolute Gasteiger partial charge is 0.137 e. The number of terminal acetylenes is 1. The van der Waals surface area contributed by atoms with Gasteiger partial charge in [0.05, 0.1) is 0 Å². The van der Waals surface area contributed by atoms with Crippen molar-refractivity contribution in [1.82, 2.24) is 0 Å². The number of hydrogen-bond donors (Lipinski definition) is 1. The molecule has 2 aromatic carbocycles. The van der Waals surface area contributed by atoms with Crippen molar-refractivity contribution in [3.8, 4) is 18.1 Å². The number of quaternary nitrogens is 1. The van der Waals surface area contributed by atoms with Crippen molar-refractivity contribution in [3.63, 3.8) is 0 Å². The van der Waals surface area contributed by atoms with E-state index in [1.807, 2.05) is 36.4 Å². The molecule has 0 aliphatic rings. The molecule has 0 aliphatic carbocycles. The second-order valence-electron chi connectivity index (χ2n) is 4.81. The molecule has 0 atom stereocenters. The van der Waals surface area contributed by atoms with Crippen molar-refractivity contribution in [2.75, 3.05) is 13.1 Å². The third-order valence-corrected chi connectivity index (χ3v) is 3.14. The Morgan fingerprint density at radius 3 is 2.71 bits per heavy atom. The summed E-state index contributed by atoms with van der Waals surface area (Å²) in [7, 11) is 0. The number of benzene rings is 2. The molecule has 0 aromatic heterocycles. The van der Waals surface area contributed by atoms with Crippen LogP contribution in [0.2, 0.25) is 0 Å². The fourth-order valence-corrected chi connectivity index (χ4v) is 2.01. The van der Waals surface area contributed by atoms with E-state index >= 15 is 0 Å². The molecule has 0 aliphatic heterocycles. The molecule has 0 saturated carbocycles. The maximum Gasteiger partial charge on any atom is 0.137 e. The topological polar surface area (TPSA) is 25.8 Å². The van der Waals surface area contributed by atoms with Gasteiger partial charge in [0, 0.05) is 5.57 Å². The largest absolute Gasteiger partial charge is 0.489 e. The van der Waals surface area contributed by atoms with E-state index in [1.165, 1.54) is 0 Å². The van der Waals surface area contributed by atoms with Crippen molar-refractivity contribution < 1.29 is 10.1 Å². The van der Waals surface area contributed by atoms with E-state index < -0.39 is 0 Å². The second-order valence-corrected chi connectivity index (χ2v) is 4.81. The fraction of sp³-hybridized carbons (Fsp3) is 0.158. The maximum absolute atomic E-state index is 5.76. The highest BCUT2D eigenvalue weighted by atomic mass is 16.5. The number of nitrogens with two attached hydrogens (primary N) is 1. The lowest BCUT2D eigenvalue weighted by molar-refractivity contribution is -0.632. The quantitative estimate of drug-likeness (QED) is 0.611. The van der Waals surface area contributed by atoms with Crippen molar-refractivity contribution >= 4 is 5.57 Å². The molecule has 2 heteroatoms. The van der Waals surface area contributed by atoms with Gasteiger partial charge in [-0.25, -0.2) is 0 Å². The molecular weight excluding hydrogens is 258 g/mol. The Kier molecular flexibility index (Phi) is 5.63. The molecule has 0 unspecified atom stereocenters. The lowest BCUT2D eigenvalue weighted by Crippen LogP contribution is -2.84. The molecule has 2 aromatic rings. The van der Waals surface area contributed by atoms with Crippen LogP contribution in [0.25, 0.3) is 5.57 Å². The van der Waals surface area contributed by atoms with Crippen LogP contribution in [0.1, 0.15) is 11.1 Å². The number of para-hydroxylation sites is 1. The van der Waals surface area contributed by atoms with Crippen LogP contribution in [0.4, 0.5) is 0 Å². The summed E-state index contributed by atoms with van der Waals surface area (Å²) in [5.74, 6) is 3.49. The zero-order valence-corrected chi connectivity index (χ0v) is 12.1. The first-order valence-electron chi connectivity index (χ1n) is 6.99. The summed E-state index contributed by atoms with van der Waals surface area (Å²) >= 11 is 0. The van der Waals surface area contributed by atoms with Crippen LogP contribution in [-0.2, 0) is 6.61 Å². The Balaban J connectivity index is 1.94. The lowest BCUT2D eigenvalue weighted by atomic mass is 10.0. The molecule has 0 spiro atoms. The van der Waals surface area contributed by atoms with Gasteiger partial charge < -0.3 is 10.1 Å². The molecule has 0 bridgehead atoms. The van der Waals surface area contributed by atoms with Crippen LogP contribution in [0.15, 0.2) is 61.2 Å². The summed E-state index contributed by atoms with van der Waals surface area (Å²) in [5, 5.41) is 2.06. The van der Waals surface area contributed by atoms with E-state index in [-0.39, 0.29) is 0 Å². The Morgan fingerprint density at radius 2 is 1.95 bits per heavy atom. The number of rotatable bonds is 7. The second kappa shape index (κ2) is 7.94. The predicted octanol–water partition coefficient (Wildman–Crippen LogP) is 2.48. The summed E-state index contributed by atoms with van der Waals surface area (Å²) < 4.78 is 5.76. The van der Waals surface area contributed by atoms with Crippen molar-refractivity contribution in [2.45, 2.75) is 6.61 Å². The first-order chi connectivity index (χ1) is 10.3. The zero-order chi connectivity index (χ0) is 14.9. The third kappa shape index (κ3) is 4.83. The van der Waals surface area contributed by atoms with Crippen LogP contribution in [0, 0.1) is 12.3 Å². The molecule has 21 heavy (non-hydrogen) atoms. The minimum Gasteiger partial charge on any atom is -0.489 e. The van der Waals surface area contributed by atoms with Crippen LogP contribution in [0.5, 0.6) is 5.75 Å². The van der Waals surface area contributed by atoms with E-state index in [1.54, 1.807) is 0 Å². The van der Waals surface area contributed by atoms with Gasteiger partial charge in [-0.15, -0.1) is 6.42 Å². The molecule has 0 amide bonds.